The van der Waals surface area contributed by atoms with E-state index in [1.807, 2.05) is 60.7 Å². The highest BCUT2D eigenvalue weighted by Gasteiger charge is 2.12. The number of aromatic nitrogens is 2. The second-order valence-electron chi connectivity index (χ2n) is 4.55. The summed E-state index contributed by atoms with van der Waals surface area (Å²) in [6, 6.07) is 18.9. The van der Waals surface area contributed by atoms with Gasteiger partial charge in [-0.1, -0.05) is 36.4 Å². The van der Waals surface area contributed by atoms with E-state index in [9.17, 15) is 0 Å². The molecule has 0 saturated heterocycles. The minimum absolute atomic E-state index is 0.249. The normalized spacial score (nSPS) is 10.2. The topological polar surface area (TPSA) is 70.3 Å². The van der Waals surface area contributed by atoms with Gasteiger partial charge in [-0.3, -0.25) is 0 Å². The smallest absolute Gasteiger partial charge is 0.194 e. The van der Waals surface area contributed by atoms with Gasteiger partial charge in [0.1, 0.15) is 30.1 Å². The summed E-state index contributed by atoms with van der Waals surface area (Å²) in [7, 11) is 0. The van der Waals surface area contributed by atoms with Crippen LogP contribution in [-0.2, 0) is 6.61 Å². The number of benzene rings is 2. The molecule has 0 aliphatic rings. The Labute approximate surface area is 128 Å². The lowest BCUT2D eigenvalue weighted by atomic mass is 10.3. The molecule has 0 radical (unpaired) electrons. The zero-order valence-electron chi connectivity index (χ0n) is 11.8. The van der Waals surface area contributed by atoms with Gasteiger partial charge < -0.3 is 15.2 Å². The molecule has 5 heteroatoms. The molecule has 3 rings (SSSR count). The lowest BCUT2D eigenvalue weighted by Gasteiger charge is -2.12. The lowest BCUT2D eigenvalue weighted by Crippen LogP contribution is -2.05. The number of anilines is 1. The lowest BCUT2D eigenvalue weighted by molar-refractivity contribution is 0.294. The largest absolute Gasteiger partial charge is 0.487 e. The average molecular weight is 293 g/mol. The van der Waals surface area contributed by atoms with E-state index in [1.54, 1.807) is 0 Å². The predicted molar refractivity (Wildman–Crippen MR) is 83.7 cm³/mol. The molecule has 2 N–H and O–H groups in total. The van der Waals surface area contributed by atoms with Crippen LogP contribution < -0.4 is 15.2 Å². The van der Waals surface area contributed by atoms with Crippen molar-refractivity contribution >= 4 is 5.82 Å². The summed E-state index contributed by atoms with van der Waals surface area (Å²) in [6.45, 7) is 0.249. The fourth-order valence-corrected chi connectivity index (χ4v) is 1.91. The van der Waals surface area contributed by atoms with Crippen LogP contribution in [-0.4, -0.2) is 9.97 Å². The molecule has 22 heavy (non-hydrogen) atoms. The van der Waals surface area contributed by atoms with Crippen LogP contribution in [0.25, 0.3) is 0 Å². The minimum atomic E-state index is 0.249. The summed E-state index contributed by atoms with van der Waals surface area (Å²) in [5, 5.41) is 0. The first kappa shape index (κ1) is 13.9. The highest BCUT2D eigenvalue weighted by molar-refractivity contribution is 5.50. The van der Waals surface area contributed by atoms with Gasteiger partial charge in [0.2, 0.25) is 0 Å². The van der Waals surface area contributed by atoms with E-state index in [-0.39, 0.29) is 12.4 Å². The van der Waals surface area contributed by atoms with Crippen LogP contribution in [0.5, 0.6) is 17.2 Å². The van der Waals surface area contributed by atoms with Crippen LogP contribution in [0.1, 0.15) is 5.69 Å². The Morgan fingerprint density at radius 3 is 2.14 bits per heavy atom. The van der Waals surface area contributed by atoms with Gasteiger partial charge in [0.25, 0.3) is 0 Å². The average Bonchev–Trinajstić information content (AvgIpc) is 2.57. The molecule has 2 aromatic carbocycles. The van der Waals surface area contributed by atoms with Crippen molar-refractivity contribution in [2.75, 3.05) is 5.73 Å². The standard InChI is InChI=1S/C17H15N3O2/c18-17-16(22-14-9-5-2-6-10-14)15(19-12-20-17)11-21-13-7-3-1-4-8-13/h1-10,12H,11H2,(H2,18,19,20). The monoisotopic (exact) mass is 293 g/mol. The van der Waals surface area contributed by atoms with Crippen molar-refractivity contribution in [2.45, 2.75) is 6.61 Å². The Morgan fingerprint density at radius 2 is 1.45 bits per heavy atom. The van der Waals surface area contributed by atoms with Gasteiger partial charge >= 0.3 is 0 Å². The van der Waals surface area contributed by atoms with Crippen molar-refractivity contribution in [3.8, 4) is 17.2 Å². The number of hydrogen-bond acceptors (Lipinski definition) is 5. The first-order chi connectivity index (χ1) is 10.8. The molecular weight excluding hydrogens is 278 g/mol. The van der Waals surface area contributed by atoms with Gasteiger partial charge in [-0.05, 0) is 24.3 Å². The third-order valence-corrected chi connectivity index (χ3v) is 2.99. The summed E-state index contributed by atoms with van der Waals surface area (Å²) in [4.78, 5) is 8.19. The van der Waals surface area contributed by atoms with E-state index < -0.39 is 0 Å². The Balaban J connectivity index is 1.80. The van der Waals surface area contributed by atoms with Gasteiger partial charge in [-0.15, -0.1) is 0 Å². The molecule has 0 fully saturated rings. The van der Waals surface area contributed by atoms with Crippen LogP contribution in [0, 0.1) is 0 Å². The van der Waals surface area contributed by atoms with Crippen LogP contribution in [0.3, 0.4) is 0 Å². The Bertz CT molecular complexity index is 733. The Kier molecular flexibility index (Phi) is 4.15. The summed E-state index contributed by atoms with van der Waals surface area (Å²) in [5.74, 6) is 2.13. The summed E-state index contributed by atoms with van der Waals surface area (Å²) in [5.41, 5.74) is 6.50. The quantitative estimate of drug-likeness (QED) is 0.780. The molecule has 0 amide bonds. The fourth-order valence-electron chi connectivity index (χ4n) is 1.91. The number of nitrogens with zero attached hydrogens (tertiary/aromatic N) is 2. The van der Waals surface area contributed by atoms with Crippen molar-refractivity contribution in [1.82, 2.24) is 9.97 Å². The van der Waals surface area contributed by atoms with Crippen LogP contribution in [0.15, 0.2) is 67.0 Å². The first-order valence-corrected chi connectivity index (χ1v) is 6.83. The van der Waals surface area contributed by atoms with Gasteiger partial charge in [0, 0.05) is 0 Å². The first-order valence-electron chi connectivity index (χ1n) is 6.83. The number of nitrogen functional groups attached to an aromatic ring is 1. The molecule has 0 bridgehead atoms. The van der Waals surface area contributed by atoms with Gasteiger partial charge in [-0.2, -0.15) is 0 Å². The van der Waals surface area contributed by atoms with Crippen molar-refractivity contribution in [3.63, 3.8) is 0 Å². The van der Waals surface area contributed by atoms with Crippen LogP contribution in [0.2, 0.25) is 0 Å². The maximum absolute atomic E-state index is 5.91. The molecule has 0 unspecified atom stereocenters. The zero-order valence-corrected chi connectivity index (χ0v) is 11.8. The molecule has 1 aromatic heterocycles. The molecular formula is C17H15N3O2. The van der Waals surface area contributed by atoms with Gasteiger partial charge in [0.05, 0.1) is 0 Å². The van der Waals surface area contributed by atoms with Crippen molar-refractivity contribution in [2.24, 2.45) is 0 Å². The number of rotatable bonds is 5. The molecule has 110 valence electrons. The fraction of sp³-hybridized carbons (Fsp3) is 0.0588. The second-order valence-corrected chi connectivity index (χ2v) is 4.55. The summed E-state index contributed by atoms with van der Waals surface area (Å²) < 4.78 is 11.5. The molecule has 0 atom stereocenters. The number of hydrogen-bond donors (Lipinski definition) is 1. The van der Waals surface area contributed by atoms with E-state index in [4.69, 9.17) is 15.2 Å². The number of nitrogens with two attached hydrogens (primary N) is 1. The SMILES string of the molecule is Nc1ncnc(COc2ccccc2)c1Oc1ccccc1. The third kappa shape index (κ3) is 3.32. The van der Waals surface area contributed by atoms with E-state index in [0.717, 1.165) is 5.75 Å². The summed E-state index contributed by atoms with van der Waals surface area (Å²) in [6.07, 6.45) is 1.40. The van der Waals surface area contributed by atoms with Gasteiger partial charge in [-0.25, -0.2) is 9.97 Å². The highest BCUT2D eigenvalue weighted by Crippen LogP contribution is 2.29. The van der Waals surface area contributed by atoms with Crippen molar-refractivity contribution in [3.05, 3.63) is 72.7 Å². The van der Waals surface area contributed by atoms with E-state index >= 15 is 0 Å². The molecule has 0 saturated carbocycles. The summed E-state index contributed by atoms with van der Waals surface area (Å²) >= 11 is 0. The molecule has 0 spiro atoms. The van der Waals surface area contributed by atoms with Crippen LogP contribution >= 0.6 is 0 Å². The van der Waals surface area contributed by atoms with E-state index in [0.29, 0.717) is 17.2 Å². The van der Waals surface area contributed by atoms with Crippen molar-refractivity contribution in [1.29, 1.82) is 0 Å². The molecule has 0 aliphatic carbocycles. The maximum Gasteiger partial charge on any atom is 0.194 e. The maximum atomic E-state index is 5.91. The van der Waals surface area contributed by atoms with Crippen molar-refractivity contribution < 1.29 is 9.47 Å². The van der Waals surface area contributed by atoms with E-state index in [2.05, 4.69) is 9.97 Å². The molecule has 0 aliphatic heterocycles. The van der Waals surface area contributed by atoms with Gasteiger partial charge in [0.15, 0.2) is 11.6 Å². The molecule has 1 heterocycles. The second kappa shape index (κ2) is 6.58. The van der Waals surface area contributed by atoms with Crippen LogP contribution in [0.4, 0.5) is 5.82 Å². The Hall–Kier alpha value is -3.08. The number of ether oxygens (including phenoxy) is 2. The third-order valence-electron chi connectivity index (χ3n) is 2.99. The highest BCUT2D eigenvalue weighted by atomic mass is 16.5. The molecule has 3 aromatic rings. The molecule has 5 nitrogen and oxygen atoms in total. The number of para-hydroxylation sites is 2. The minimum Gasteiger partial charge on any atom is -0.487 e. The zero-order chi connectivity index (χ0) is 15.2. The van der Waals surface area contributed by atoms with E-state index in [1.165, 1.54) is 6.33 Å². The Morgan fingerprint density at radius 1 is 0.818 bits per heavy atom. The predicted octanol–water partition coefficient (Wildman–Crippen LogP) is 3.43.